The normalized spacial score (nSPS) is 11.3. The van der Waals surface area contributed by atoms with Crippen LogP contribution in [0.2, 0.25) is 0 Å². The van der Waals surface area contributed by atoms with E-state index in [4.69, 9.17) is 8.94 Å². The summed E-state index contributed by atoms with van der Waals surface area (Å²) in [5.74, 6) is 0. The molecule has 4 rings (SSSR count). The average molecular weight is 236 g/mol. The number of hydrogen-bond donors (Lipinski definition) is 0. The van der Waals surface area contributed by atoms with Gasteiger partial charge in [-0.05, 0) is 18.2 Å². The zero-order valence-corrected chi connectivity index (χ0v) is 9.33. The maximum atomic E-state index is 5.32. The second-order valence-electron chi connectivity index (χ2n) is 4.03. The Hall–Kier alpha value is -2.62. The van der Waals surface area contributed by atoms with Crippen molar-refractivity contribution in [1.29, 1.82) is 0 Å². The van der Waals surface area contributed by atoms with E-state index < -0.39 is 0 Å². The minimum Gasteiger partial charge on any atom is -0.443 e. The van der Waals surface area contributed by atoms with E-state index in [0.717, 1.165) is 33.3 Å². The molecule has 2 heterocycles. The molecule has 2 aromatic carbocycles. The molecule has 0 aliphatic carbocycles. The summed E-state index contributed by atoms with van der Waals surface area (Å²) in [5, 5.41) is 5.12. The van der Waals surface area contributed by atoms with Gasteiger partial charge in [0.1, 0.15) is 11.2 Å². The average Bonchev–Trinajstić information content (AvgIpc) is 3.05. The van der Waals surface area contributed by atoms with Gasteiger partial charge in [0.05, 0.1) is 0 Å². The molecule has 0 aliphatic rings. The minimum atomic E-state index is 0.750. The van der Waals surface area contributed by atoms with Crippen molar-refractivity contribution in [3.8, 4) is 11.3 Å². The van der Waals surface area contributed by atoms with Gasteiger partial charge in [-0.3, -0.25) is 0 Å². The lowest BCUT2D eigenvalue weighted by molar-refractivity contribution is 0.459. The first-order chi connectivity index (χ1) is 8.93. The molecule has 0 saturated heterocycles. The first-order valence-corrected chi connectivity index (χ1v) is 5.60. The van der Waals surface area contributed by atoms with Crippen molar-refractivity contribution in [2.45, 2.75) is 0 Å². The van der Waals surface area contributed by atoms with Crippen LogP contribution in [0.1, 0.15) is 0 Å². The van der Waals surface area contributed by atoms with Gasteiger partial charge in [-0.15, -0.1) is 0 Å². The molecule has 0 N–H and O–H groups in total. The largest absolute Gasteiger partial charge is 0.443 e. The molecule has 0 bridgehead atoms. The third-order valence-corrected chi connectivity index (χ3v) is 2.99. The lowest BCUT2D eigenvalue weighted by atomic mass is 10.1. The number of benzene rings is 2. The molecule has 0 atom stereocenters. The fourth-order valence-electron chi connectivity index (χ4n) is 2.16. The van der Waals surface area contributed by atoms with Crippen LogP contribution >= 0.6 is 0 Å². The van der Waals surface area contributed by atoms with Crippen LogP contribution in [0.5, 0.6) is 0 Å². The highest BCUT2D eigenvalue weighted by molar-refractivity contribution is 5.99. The van der Waals surface area contributed by atoms with Gasteiger partial charge in [-0.2, -0.15) is 0 Å². The number of hydrogen-bond acceptors (Lipinski definition) is 4. The Bertz CT molecular complexity index is 845. The minimum absolute atomic E-state index is 0.750. The van der Waals surface area contributed by atoms with Gasteiger partial charge in [0.2, 0.25) is 0 Å². The first-order valence-electron chi connectivity index (χ1n) is 5.60. The van der Waals surface area contributed by atoms with Crippen LogP contribution in [-0.4, -0.2) is 10.1 Å². The Balaban J connectivity index is 2.10. The van der Waals surface area contributed by atoms with E-state index in [0.29, 0.717) is 0 Å². The third-order valence-electron chi connectivity index (χ3n) is 2.99. The van der Waals surface area contributed by atoms with E-state index in [1.165, 1.54) is 6.39 Å². The fraction of sp³-hybridized carbons (Fsp3) is 0. The zero-order valence-electron chi connectivity index (χ0n) is 9.33. The smallest absolute Gasteiger partial charge is 0.182 e. The van der Waals surface area contributed by atoms with Gasteiger partial charge >= 0.3 is 0 Å². The summed E-state index contributed by atoms with van der Waals surface area (Å²) in [6.45, 7) is 0. The topological polar surface area (TPSA) is 52.1 Å². The Kier molecular flexibility index (Phi) is 1.80. The van der Waals surface area contributed by atoms with E-state index >= 15 is 0 Å². The van der Waals surface area contributed by atoms with Gasteiger partial charge in [0.15, 0.2) is 17.6 Å². The van der Waals surface area contributed by atoms with Gasteiger partial charge < -0.3 is 8.94 Å². The van der Waals surface area contributed by atoms with Crippen molar-refractivity contribution in [2.24, 2.45) is 0 Å². The van der Waals surface area contributed by atoms with Crippen LogP contribution in [0.15, 0.2) is 57.8 Å². The molecule has 86 valence electrons. The maximum Gasteiger partial charge on any atom is 0.182 e. The van der Waals surface area contributed by atoms with Crippen LogP contribution in [0.4, 0.5) is 0 Å². The third kappa shape index (κ3) is 1.20. The molecule has 4 nitrogen and oxygen atoms in total. The van der Waals surface area contributed by atoms with E-state index in [2.05, 4.69) is 10.1 Å². The van der Waals surface area contributed by atoms with Crippen LogP contribution in [0, 0.1) is 0 Å². The van der Waals surface area contributed by atoms with Crippen molar-refractivity contribution >= 4 is 22.1 Å². The molecule has 0 unspecified atom stereocenters. The molecule has 0 radical (unpaired) electrons. The zero-order chi connectivity index (χ0) is 11.9. The molecule has 4 heteroatoms. The Morgan fingerprint density at radius 2 is 1.78 bits per heavy atom. The van der Waals surface area contributed by atoms with Gasteiger partial charge in [-0.25, -0.2) is 4.98 Å². The molecule has 2 aromatic heterocycles. The number of fused-ring (bicyclic) bond motifs is 2. The highest BCUT2D eigenvalue weighted by atomic mass is 16.5. The van der Waals surface area contributed by atoms with Crippen molar-refractivity contribution in [2.75, 3.05) is 0 Å². The fourth-order valence-corrected chi connectivity index (χ4v) is 2.16. The molecular weight excluding hydrogens is 228 g/mol. The number of rotatable bonds is 1. The highest BCUT2D eigenvalue weighted by Gasteiger charge is 2.14. The summed E-state index contributed by atoms with van der Waals surface area (Å²) >= 11 is 0. The van der Waals surface area contributed by atoms with Crippen LogP contribution < -0.4 is 0 Å². The van der Waals surface area contributed by atoms with Crippen molar-refractivity contribution < 1.29 is 8.94 Å². The molecule has 0 fully saturated rings. The van der Waals surface area contributed by atoms with E-state index in [1.54, 1.807) is 0 Å². The SMILES string of the molecule is c1ccc2c(-c3cccc4ocnc34)noc2c1. The molecule has 0 saturated carbocycles. The predicted octanol–water partition coefficient (Wildman–Crippen LogP) is 3.64. The lowest BCUT2D eigenvalue weighted by Gasteiger charge is -1.97. The summed E-state index contributed by atoms with van der Waals surface area (Å²) in [5.41, 5.74) is 4.04. The van der Waals surface area contributed by atoms with E-state index in [-0.39, 0.29) is 0 Å². The number of oxazole rings is 1. The molecule has 0 aliphatic heterocycles. The summed E-state index contributed by atoms with van der Waals surface area (Å²) < 4.78 is 10.6. The molecule has 4 aromatic rings. The van der Waals surface area contributed by atoms with Crippen molar-refractivity contribution in [1.82, 2.24) is 10.1 Å². The van der Waals surface area contributed by atoms with Gasteiger partial charge in [-0.1, -0.05) is 29.4 Å². The van der Waals surface area contributed by atoms with E-state index in [1.807, 2.05) is 42.5 Å². The number of aromatic nitrogens is 2. The highest BCUT2D eigenvalue weighted by Crippen LogP contribution is 2.32. The van der Waals surface area contributed by atoms with Crippen LogP contribution in [0.25, 0.3) is 33.3 Å². The molecule has 18 heavy (non-hydrogen) atoms. The first kappa shape index (κ1) is 9.41. The summed E-state index contributed by atoms with van der Waals surface area (Å²) in [6, 6.07) is 13.5. The summed E-state index contributed by atoms with van der Waals surface area (Å²) in [6.07, 6.45) is 1.44. The summed E-state index contributed by atoms with van der Waals surface area (Å²) in [4.78, 5) is 4.23. The number of para-hydroxylation sites is 2. The molecule has 0 spiro atoms. The monoisotopic (exact) mass is 236 g/mol. The Morgan fingerprint density at radius 1 is 0.889 bits per heavy atom. The summed E-state index contributed by atoms with van der Waals surface area (Å²) in [7, 11) is 0. The second-order valence-corrected chi connectivity index (χ2v) is 4.03. The molecule has 0 amide bonds. The van der Waals surface area contributed by atoms with Gasteiger partial charge in [0, 0.05) is 10.9 Å². The maximum absolute atomic E-state index is 5.32. The number of nitrogens with zero attached hydrogens (tertiary/aromatic N) is 2. The standard InChI is InChI=1S/C14H8N2O2/c1-2-6-11-9(4-1)13(16-18-11)10-5-3-7-12-14(10)15-8-17-12/h1-8H. The van der Waals surface area contributed by atoms with Crippen LogP contribution in [0.3, 0.4) is 0 Å². The van der Waals surface area contributed by atoms with Crippen molar-refractivity contribution in [3.05, 3.63) is 48.9 Å². The second kappa shape index (κ2) is 3.43. The predicted molar refractivity (Wildman–Crippen MR) is 67.0 cm³/mol. The van der Waals surface area contributed by atoms with Crippen molar-refractivity contribution in [3.63, 3.8) is 0 Å². The van der Waals surface area contributed by atoms with Gasteiger partial charge in [0.25, 0.3) is 0 Å². The Labute approximate surface area is 102 Å². The Morgan fingerprint density at radius 3 is 2.78 bits per heavy atom. The molecular formula is C14H8N2O2. The van der Waals surface area contributed by atoms with Crippen LogP contribution in [-0.2, 0) is 0 Å². The van der Waals surface area contributed by atoms with E-state index in [9.17, 15) is 0 Å². The lowest BCUT2D eigenvalue weighted by Crippen LogP contribution is -1.80. The quantitative estimate of drug-likeness (QED) is 0.506.